The van der Waals surface area contributed by atoms with Gasteiger partial charge in [0.15, 0.2) is 5.96 Å². The van der Waals surface area contributed by atoms with Gasteiger partial charge in [0, 0.05) is 25.6 Å². The van der Waals surface area contributed by atoms with E-state index in [0.29, 0.717) is 12.0 Å². The monoisotopic (exact) mass is 306 g/mol. The lowest BCUT2D eigenvalue weighted by atomic mass is 10.0. The van der Waals surface area contributed by atoms with Crippen molar-refractivity contribution in [2.75, 3.05) is 13.1 Å². The average molecular weight is 306 g/mol. The number of nitrogens with zero attached hydrogens (tertiary/aromatic N) is 4. The molecule has 2 rings (SSSR count). The van der Waals surface area contributed by atoms with E-state index in [1.807, 2.05) is 11.6 Å². The first-order valence-corrected chi connectivity index (χ1v) is 8.61. The highest BCUT2D eigenvalue weighted by Crippen LogP contribution is 2.13. The number of guanidine groups is 1. The van der Waals surface area contributed by atoms with Crippen LogP contribution in [0.4, 0.5) is 0 Å². The molecule has 6 heteroatoms. The van der Waals surface area contributed by atoms with E-state index >= 15 is 0 Å². The molecule has 1 aromatic rings. The van der Waals surface area contributed by atoms with Crippen molar-refractivity contribution >= 4 is 5.96 Å². The smallest absolute Gasteiger partial charge is 0.191 e. The van der Waals surface area contributed by atoms with E-state index in [9.17, 15) is 0 Å². The fourth-order valence-corrected chi connectivity index (χ4v) is 2.83. The summed E-state index contributed by atoms with van der Waals surface area (Å²) in [6.45, 7) is 11.2. The highest BCUT2D eigenvalue weighted by molar-refractivity contribution is 5.80. The Balaban J connectivity index is 1.95. The maximum atomic E-state index is 4.76. The molecule has 1 aliphatic rings. The van der Waals surface area contributed by atoms with Crippen molar-refractivity contribution < 1.29 is 0 Å². The number of aryl methyl sites for hydroxylation is 2. The van der Waals surface area contributed by atoms with E-state index in [4.69, 9.17) is 4.99 Å². The molecule has 0 fully saturated rings. The Labute approximate surface area is 133 Å². The minimum Gasteiger partial charge on any atom is -0.357 e. The van der Waals surface area contributed by atoms with Gasteiger partial charge in [0.2, 0.25) is 0 Å². The predicted octanol–water partition coefficient (Wildman–Crippen LogP) is 1.89. The van der Waals surface area contributed by atoms with Gasteiger partial charge in [-0.15, -0.1) is 0 Å². The number of hydrogen-bond acceptors (Lipinski definition) is 3. The van der Waals surface area contributed by atoms with Crippen LogP contribution in [0.25, 0.3) is 0 Å². The normalized spacial score (nSPS) is 18.4. The molecule has 2 heterocycles. The summed E-state index contributed by atoms with van der Waals surface area (Å²) in [7, 11) is 0. The number of hydrogen-bond donors (Lipinski definition) is 2. The molecule has 0 aliphatic carbocycles. The molecule has 0 bridgehead atoms. The maximum absolute atomic E-state index is 4.76. The Bertz CT molecular complexity index is 489. The van der Waals surface area contributed by atoms with E-state index in [0.717, 1.165) is 50.1 Å². The van der Waals surface area contributed by atoms with E-state index < -0.39 is 0 Å². The van der Waals surface area contributed by atoms with Gasteiger partial charge in [-0.25, -0.2) is 9.67 Å². The molecule has 0 radical (unpaired) electrons. The topological polar surface area (TPSA) is 67.1 Å². The molecule has 1 aromatic heterocycles. The first kappa shape index (κ1) is 16.8. The maximum Gasteiger partial charge on any atom is 0.191 e. The Morgan fingerprint density at radius 3 is 2.82 bits per heavy atom. The van der Waals surface area contributed by atoms with Crippen molar-refractivity contribution in [3.05, 3.63) is 11.6 Å². The van der Waals surface area contributed by atoms with Crippen LogP contribution in [-0.2, 0) is 13.0 Å². The Morgan fingerprint density at radius 2 is 2.14 bits per heavy atom. The van der Waals surface area contributed by atoms with E-state index in [-0.39, 0.29) is 0 Å². The van der Waals surface area contributed by atoms with Crippen LogP contribution in [0.5, 0.6) is 0 Å². The number of rotatable bonds is 6. The molecule has 0 saturated carbocycles. The highest BCUT2D eigenvalue weighted by Gasteiger charge is 2.21. The third-order valence-corrected chi connectivity index (χ3v) is 4.31. The zero-order valence-corrected chi connectivity index (χ0v) is 14.4. The van der Waals surface area contributed by atoms with Gasteiger partial charge in [-0.3, -0.25) is 4.99 Å². The molecule has 1 aliphatic heterocycles. The molecule has 22 heavy (non-hydrogen) atoms. The molecule has 1 atom stereocenters. The molecule has 1 unspecified atom stereocenters. The van der Waals surface area contributed by atoms with Gasteiger partial charge in [-0.1, -0.05) is 26.7 Å². The molecule has 124 valence electrons. The second-order valence-electron chi connectivity index (χ2n) is 6.04. The highest BCUT2D eigenvalue weighted by atomic mass is 15.4. The molecule has 2 N–H and O–H groups in total. The van der Waals surface area contributed by atoms with Crippen molar-refractivity contribution in [1.82, 2.24) is 25.4 Å². The van der Waals surface area contributed by atoms with E-state index in [1.165, 1.54) is 12.8 Å². The summed E-state index contributed by atoms with van der Waals surface area (Å²) >= 11 is 0. The molecule has 6 nitrogen and oxygen atoms in total. The average Bonchev–Trinajstić information content (AvgIpc) is 2.87. The van der Waals surface area contributed by atoms with Gasteiger partial charge >= 0.3 is 0 Å². The zero-order chi connectivity index (χ0) is 15.9. The van der Waals surface area contributed by atoms with Gasteiger partial charge in [0.05, 0.1) is 6.54 Å². The minimum atomic E-state index is 0.369. The molecule has 0 saturated heterocycles. The lowest BCUT2D eigenvalue weighted by Gasteiger charge is -2.25. The lowest BCUT2D eigenvalue weighted by Crippen LogP contribution is -2.47. The standard InChI is InChI=1S/C16H30N6/c1-5-13(6-2)10-18-16(17-7-3)20-14-8-9-15-19-12(4)21-22(15)11-14/h13-14H,5-11H2,1-4H3,(H2,17,18,20). The van der Waals surface area contributed by atoms with Crippen LogP contribution in [0.3, 0.4) is 0 Å². The van der Waals surface area contributed by atoms with Crippen molar-refractivity contribution in [2.45, 2.75) is 66.0 Å². The first-order valence-electron chi connectivity index (χ1n) is 8.61. The van der Waals surface area contributed by atoms with Gasteiger partial charge in [-0.2, -0.15) is 5.10 Å². The third-order valence-electron chi connectivity index (χ3n) is 4.31. The number of aliphatic imine (C=N–C) groups is 1. The van der Waals surface area contributed by atoms with Crippen LogP contribution in [-0.4, -0.2) is 39.9 Å². The summed E-state index contributed by atoms with van der Waals surface area (Å²) in [6.07, 6.45) is 4.42. The van der Waals surface area contributed by atoms with Crippen LogP contribution >= 0.6 is 0 Å². The van der Waals surface area contributed by atoms with Crippen molar-refractivity contribution in [3.8, 4) is 0 Å². The van der Waals surface area contributed by atoms with Crippen LogP contribution in [0.15, 0.2) is 4.99 Å². The second-order valence-corrected chi connectivity index (χ2v) is 6.04. The van der Waals surface area contributed by atoms with Gasteiger partial charge in [-0.05, 0) is 26.2 Å². The van der Waals surface area contributed by atoms with Crippen LogP contribution < -0.4 is 10.6 Å². The quantitative estimate of drug-likeness (QED) is 0.622. The van der Waals surface area contributed by atoms with Crippen molar-refractivity contribution in [1.29, 1.82) is 0 Å². The summed E-state index contributed by atoms with van der Waals surface area (Å²) < 4.78 is 2.03. The van der Waals surface area contributed by atoms with Crippen LogP contribution in [0.2, 0.25) is 0 Å². The van der Waals surface area contributed by atoms with Crippen LogP contribution in [0.1, 0.15) is 51.7 Å². The summed E-state index contributed by atoms with van der Waals surface area (Å²) in [5.41, 5.74) is 0. The number of fused-ring (bicyclic) bond motifs is 1. The predicted molar refractivity (Wildman–Crippen MR) is 90.1 cm³/mol. The largest absolute Gasteiger partial charge is 0.357 e. The fraction of sp³-hybridized carbons (Fsp3) is 0.812. The lowest BCUT2D eigenvalue weighted by molar-refractivity contribution is 0.391. The summed E-state index contributed by atoms with van der Waals surface area (Å²) in [5, 5.41) is 11.4. The molecule has 0 amide bonds. The minimum absolute atomic E-state index is 0.369. The van der Waals surface area contributed by atoms with Gasteiger partial charge < -0.3 is 10.6 Å². The van der Waals surface area contributed by atoms with Crippen molar-refractivity contribution in [3.63, 3.8) is 0 Å². The zero-order valence-electron chi connectivity index (χ0n) is 14.4. The first-order chi connectivity index (χ1) is 10.7. The van der Waals surface area contributed by atoms with Crippen molar-refractivity contribution in [2.24, 2.45) is 10.9 Å². The van der Waals surface area contributed by atoms with E-state index in [1.54, 1.807) is 0 Å². The Morgan fingerprint density at radius 1 is 1.36 bits per heavy atom. The third kappa shape index (κ3) is 4.45. The van der Waals surface area contributed by atoms with E-state index in [2.05, 4.69) is 41.5 Å². The van der Waals surface area contributed by atoms with Crippen LogP contribution in [0, 0.1) is 12.8 Å². The summed E-state index contributed by atoms with van der Waals surface area (Å²) in [4.78, 5) is 9.22. The molecular weight excluding hydrogens is 276 g/mol. The van der Waals surface area contributed by atoms with Gasteiger partial charge in [0.1, 0.15) is 11.6 Å². The SMILES string of the molecule is CCNC(=NCC(CC)CC)NC1CCc2nc(C)nn2C1. The molecular formula is C16H30N6. The summed E-state index contributed by atoms with van der Waals surface area (Å²) in [6, 6.07) is 0.369. The molecule has 0 aromatic carbocycles. The Hall–Kier alpha value is -1.59. The second kappa shape index (κ2) is 8.15. The number of nitrogens with one attached hydrogen (secondary N) is 2. The fourth-order valence-electron chi connectivity index (χ4n) is 2.83. The van der Waals surface area contributed by atoms with Gasteiger partial charge in [0.25, 0.3) is 0 Å². The number of aromatic nitrogens is 3. The molecule has 0 spiro atoms. The summed E-state index contributed by atoms with van der Waals surface area (Å²) in [5.74, 6) is 3.57. The Kier molecular flexibility index (Phi) is 6.21.